The number of hydrogen-bond acceptors (Lipinski definition) is 4. The first-order chi connectivity index (χ1) is 9.04. The molecule has 98 valence electrons. The molecule has 0 aliphatic rings. The number of halogens is 1. The van der Waals surface area contributed by atoms with Gasteiger partial charge < -0.3 is 10.6 Å². The molecule has 0 saturated carbocycles. The van der Waals surface area contributed by atoms with Gasteiger partial charge in [0.15, 0.2) is 0 Å². The van der Waals surface area contributed by atoms with Crippen molar-refractivity contribution in [2.24, 2.45) is 0 Å². The van der Waals surface area contributed by atoms with Gasteiger partial charge in [0.1, 0.15) is 4.88 Å². The Balaban J connectivity index is 2.37. The van der Waals surface area contributed by atoms with Crippen LogP contribution in [0.15, 0.2) is 18.2 Å². The van der Waals surface area contributed by atoms with Gasteiger partial charge in [-0.1, -0.05) is 11.6 Å². The highest BCUT2D eigenvalue weighted by Crippen LogP contribution is 2.35. The molecule has 0 bridgehead atoms. The smallest absolute Gasteiger partial charge is 0.265 e. The van der Waals surface area contributed by atoms with Crippen molar-refractivity contribution >= 4 is 44.6 Å². The Morgan fingerprint density at radius 2 is 2.32 bits per heavy atom. The number of hydrogen-bond donors (Lipinski definition) is 1. The first-order valence-electron chi connectivity index (χ1n) is 5.64. The van der Waals surface area contributed by atoms with E-state index < -0.39 is 0 Å². The minimum absolute atomic E-state index is 0.162. The molecule has 2 aromatic rings. The Kier molecular flexibility index (Phi) is 3.93. The van der Waals surface area contributed by atoms with Crippen molar-refractivity contribution in [1.82, 2.24) is 4.90 Å². The number of carbonyl (C=O) groups is 1. The summed E-state index contributed by atoms with van der Waals surface area (Å²) in [7, 11) is 1.66. The van der Waals surface area contributed by atoms with E-state index in [4.69, 9.17) is 22.6 Å². The molecule has 6 heteroatoms. The van der Waals surface area contributed by atoms with Gasteiger partial charge >= 0.3 is 0 Å². The second-order valence-electron chi connectivity index (χ2n) is 4.12. The monoisotopic (exact) mass is 293 g/mol. The number of amides is 1. The Bertz CT molecular complexity index is 674. The molecule has 2 N–H and O–H groups in total. The summed E-state index contributed by atoms with van der Waals surface area (Å²) in [5, 5.41) is 10.00. The van der Waals surface area contributed by atoms with Crippen molar-refractivity contribution < 1.29 is 4.79 Å². The van der Waals surface area contributed by atoms with Gasteiger partial charge in [0.2, 0.25) is 0 Å². The average molecular weight is 294 g/mol. The van der Waals surface area contributed by atoms with Crippen molar-refractivity contribution in [3.05, 3.63) is 28.1 Å². The number of thiophene rings is 1. The van der Waals surface area contributed by atoms with E-state index in [2.05, 4.69) is 0 Å². The van der Waals surface area contributed by atoms with Crippen LogP contribution in [0.2, 0.25) is 5.02 Å². The van der Waals surface area contributed by atoms with E-state index in [1.807, 2.05) is 12.1 Å². The van der Waals surface area contributed by atoms with Gasteiger partial charge in [-0.3, -0.25) is 4.79 Å². The maximum absolute atomic E-state index is 12.2. The van der Waals surface area contributed by atoms with Gasteiger partial charge in [-0.25, -0.2) is 0 Å². The van der Waals surface area contributed by atoms with Gasteiger partial charge in [-0.05, 0) is 18.2 Å². The Morgan fingerprint density at radius 1 is 1.58 bits per heavy atom. The number of anilines is 1. The van der Waals surface area contributed by atoms with E-state index in [0.29, 0.717) is 28.6 Å². The van der Waals surface area contributed by atoms with Crippen LogP contribution in [0.1, 0.15) is 16.1 Å². The summed E-state index contributed by atoms with van der Waals surface area (Å²) in [6, 6.07) is 7.38. The number of nitrogen functional groups attached to an aromatic ring is 1. The fourth-order valence-corrected chi connectivity index (χ4v) is 3.14. The fraction of sp³-hybridized carbons (Fsp3) is 0.231. The molecule has 0 radical (unpaired) electrons. The highest BCUT2D eigenvalue weighted by atomic mass is 35.5. The molecule has 1 heterocycles. The molecular weight excluding hydrogens is 282 g/mol. The van der Waals surface area contributed by atoms with E-state index >= 15 is 0 Å². The van der Waals surface area contributed by atoms with Crippen molar-refractivity contribution in [3.8, 4) is 6.07 Å². The van der Waals surface area contributed by atoms with Gasteiger partial charge in [0.25, 0.3) is 5.91 Å². The third kappa shape index (κ3) is 2.65. The summed E-state index contributed by atoms with van der Waals surface area (Å²) >= 11 is 7.25. The topological polar surface area (TPSA) is 70.1 Å². The summed E-state index contributed by atoms with van der Waals surface area (Å²) in [5.74, 6) is -0.162. The summed E-state index contributed by atoms with van der Waals surface area (Å²) in [6.45, 7) is 0.393. The quantitative estimate of drug-likeness (QED) is 0.945. The predicted octanol–water partition coefficient (Wildman–Crippen LogP) is 3.12. The first-order valence-corrected chi connectivity index (χ1v) is 6.84. The minimum Gasteiger partial charge on any atom is -0.397 e. The van der Waals surface area contributed by atoms with Gasteiger partial charge in [0, 0.05) is 28.7 Å². The zero-order valence-corrected chi connectivity index (χ0v) is 11.9. The van der Waals surface area contributed by atoms with Crippen LogP contribution in [0.5, 0.6) is 0 Å². The molecule has 0 aliphatic heterocycles. The number of benzene rings is 1. The number of nitrogens with two attached hydrogens (primary N) is 1. The number of rotatable bonds is 3. The van der Waals surface area contributed by atoms with Crippen LogP contribution in [0.25, 0.3) is 10.1 Å². The first kappa shape index (κ1) is 13.7. The zero-order valence-electron chi connectivity index (χ0n) is 10.3. The molecule has 0 unspecified atom stereocenters. The minimum atomic E-state index is -0.162. The van der Waals surface area contributed by atoms with Crippen LogP contribution in [-0.2, 0) is 0 Å². The lowest BCUT2D eigenvalue weighted by Gasteiger charge is -2.14. The lowest BCUT2D eigenvalue weighted by molar-refractivity contribution is 0.0804. The Morgan fingerprint density at radius 3 is 3.00 bits per heavy atom. The Hall–Kier alpha value is -1.77. The van der Waals surface area contributed by atoms with E-state index in [1.165, 1.54) is 16.2 Å². The summed E-state index contributed by atoms with van der Waals surface area (Å²) in [5.41, 5.74) is 6.49. The number of fused-ring (bicyclic) bond motifs is 1. The van der Waals surface area contributed by atoms with E-state index in [1.54, 1.807) is 19.2 Å². The summed E-state index contributed by atoms with van der Waals surface area (Å²) < 4.78 is 0.891. The number of nitriles is 1. The molecule has 0 atom stereocenters. The number of carbonyl (C=O) groups excluding carboxylic acids is 1. The zero-order chi connectivity index (χ0) is 14.0. The lowest BCUT2D eigenvalue weighted by atomic mass is 10.2. The van der Waals surface area contributed by atoms with Crippen LogP contribution in [-0.4, -0.2) is 24.4 Å². The third-order valence-corrected chi connectivity index (χ3v) is 4.18. The second-order valence-corrected chi connectivity index (χ2v) is 5.61. The standard InChI is InChI=1S/C13H12ClN3OS/c1-17(6-2-5-15)13(18)12-11(16)9-4-3-8(14)7-10(9)19-12/h3-4,7H,2,6,16H2,1H3. The molecule has 1 aromatic heterocycles. The highest BCUT2D eigenvalue weighted by Gasteiger charge is 2.19. The van der Waals surface area contributed by atoms with Crippen molar-refractivity contribution in [3.63, 3.8) is 0 Å². The van der Waals surface area contributed by atoms with Crippen molar-refractivity contribution in [2.45, 2.75) is 6.42 Å². The lowest BCUT2D eigenvalue weighted by Crippen LogP contribution is -2.27. The fourth-order valence-electron chi connectivity index (χ4n) is 1.74. The van der Waals surface area contributed by atoms with E-state index in [9.17, 15) is 4.79 Å². The molecule has 2 rings (SSSR count). The molecule has 1 amide bonds. The number of nitrogens with zero attached hydrogens (tertiary/aromatic N) is 2. The molecule has 0 spiro atoms. The molecule has 19 heavy (non-hydrogen) atoms. The molecule has 0 saturated heterocycles. The molecule has 4 nitrogen and oxygen atoms in total. The maximum Gasteiger partial charge on any atom is 0.265 e. The molecule has 0 fully saturated rings. The second kappa shape index (κ2) is 5.47. The molecular formula is C13H12ClN3OS. The normalized spacial score (nSPS) is 10.4. The highest BCUT2D eigenvalue weighted by molar-refractivity contribution is 7.21. The van der Waals surface area contributed by atoms with Gasteiger partial charge in [-0.15, -0.1) is 11.3 Å². The average Bonchev–Trinajstić information content (AvgIpc) is 2.71. The molecule has 1 aromatic carbocycles. The predicted molar refractivity (Wildman–Crippen MR) is 78.4 cm³/mol. The van der Waals surface area contributed by atoms with E-state index in [-0.39, 0.29) is 5.91 Å². The van der Waals surface area contributed by atoms with E-state index in [0.717, 1.165) is 10.1 Å². The van der Waals surface area contributed by atoms with Crippen LogP contribution >= 0.6 is 22.9 Å². The maximum atomic E-state index is 12.2. The SMILES string of the molecule is CN(CCC#N)C(=O)c1sc2cc(Cl)ccc2c1N. The van der Waals surface area contributed by atoms with Crippen LogP contribution in [0, 0.1) is 11.3 Å². The van der Waals surface area contributed by atoms with Gasteiger partial charge in [0.05, 0.1) is 18.2 Å². The van der Waals surface area contributed by atoms with Crippen LogP contribution in [0.4, 0.5) is 5.69 Å². The van der Waals surface area contributed by atoms with Crippen molar-refractivity contribution in [1.29, 1.82) is 5.26 Å². The largest absolute Gasteiger partial charge is 0.397 e. The van der Waals surface area contributed by atoms with Crippen molar-refractivity contribution in [2.75, 3.05) is 19.3 Å². The van der Waals surface area contributed by atoms with Crippen LogP contribution in [0.3, 0.4) is 0 Å². The third-order valence-electron chi connectivity index (χ3n) is 2.79. The summed E-state index contributed by atoms with van der Waals surface area (Å²) in [4.78, 5) is 14.2. The summed E-state index contributed by atoms with van der Waals surface area (Å²) in [6.07, 6.45) is 0.304. The van der Waals surface area contributed by atoms with Gasteiger partial charge in [-0.2, -0.15) is 5.26 Å². The van der Waals surface area contributed by atoms with Crippen LogP contribution < -0.4 is 5.73 Å². The molecule has 0 aliphatic carbocycles. The Labute approximate surface area is 120 Å².